The van der Waals surface area contributed by atoms with Crippen LogP contribution in [0.5, 0.6) is 0 Å². The summed E-state index contributed by atoms with van der Waals surface area (Å²) in [5.74, 6) is -0.664. The van der Waals surface area contributed by atoms with Crippen molar-refractivity contribution in [1.82, 2.24) is 0 Å². The van der Waals surface area contributed by atoms with E-state index in [4.69, 9.17) is 14.2 Å². The third-order valence-corrected chi connectivity index (χ3v) is 2.28. The molecule has 0 aromatic rings. The summed E-state index contributed by atoms with van der Waals surface area (Å²) in [6, 6.07) is 0. The van der Waals surface area contributed by atoms with Gasteiger partial charge in [-0.2, -0.15) is 0 Å². The Morgan fingerprint density at radius 1 is 1.38 bits per heavy atom. The summed E-state index contributed by atoms with van der Waals surface area (Å²) in [5, 5.41) is 9.69. The highest BCUT2D eigenvalue weighted by molar-refractivity contribution is 4.99. The summed E-state index contributed by atoms with van der Waals surface area (Å²) in [6.07, 6.45) is -0.357. The average molecular weight is 186 g/mol. The molecule has 2 aliphatic heterocycles. The maximum absolute atomic E-state index is 9.69. The minimum Gasteiger partial charge on any atom is -0.387 e. The van der Waals surface area contributed by atoms with Crippen molar-refractivity contribution < 1.29 is 19.3 Å². The van der Waals surface area contributed by atoms with Gasteiger partial charge in [-0.3, -0.25) is 0 Å². The number of rotatable bonds is 1. The Labute approximate surface area is 77.1 Å². The first kappa shape index (κ1) is 9.15. The van der Waals surface area contributed by atoms with Gasteiger partial charge < -0.3 is 19.3 Å². The van der Waals surface area contributed by atoms with Gasteiger partial charge in [0.2, 0.25) is 0 Å². The van der Waals surface area contributed by atoms with E-state index in [-0.39, 0.29) is 6.10 Å². The molecule has 0 amide bonds. The normalized spacial score (nSPS) is 47.6. The summed E-state index contributed by atoms with van der Waals surface area (Å²) in [6.45, 7) is 7.15. The van der Waals surface area contributed by atoms with Crippen LogP contribution in [-0.2, 0) is 14.2 Å². The Morgan fingerprint density at radius 3 is 2.62 bits per heavy atom. The van der Waals surface area contributed by atoms with Crippen molar-refractivity contribution >= 4 is 0 Å². The van der Waals surface area contributed by atoms with Crippen molar-refractivity contribution in [1.29, 1.82) is 0 Å². The van der Waals surface area contributed by atoms with Gasteiger partial charge in [-0.1, -0.05) is 6.08 Å². The maximum atomic E-state index is 9.69. The van der Waals surface area contributed by atoms with Gasteiger partial charge in [0.15, 0.2) is 12.1 Å². The van der Waals surface area contributed by atoms with E-state index in [1.807, 2.05) is 0 Å². The van der Waals surface area contributed by atoms with Crippen molar-refractivity contribution in [2.75, 3.05) is 0 Å². The molecule has 13 heavy (non-hydrogen) atoms. The van der Waals surface area contributed by atoms with E-state index in [1.54, 1.807) is 19.9 Å². The predicted octanol–water partition coefficient (Wildman–Crippen LogP) is 0.410. The second-order valence-corrected chi connectivity index (χ2v) is 3.80. The summed E-state index contributed by atoms with van der Waals surface area (Å²) >= 11 is 0. The molecular formula is C9H14O4. The smallest absolute Gasteiger partial charge is 0.190 e. The largest absolute Gasteiger partial charge is 0.387 e. The minimum atomic E-state index is -0.677. The predicted molar refractivity (Wildman–Crippen MR) is 44.9 cm³/mol. The van der Waals surface area contributed by atoms with Gasteiger partial charge >= 0.3 is 0 Å². The second-order valence-electron chi connectivity index (χ2n) is 3.80. The zero-order valence-corrected chi connectivity index (χ0v) is 7.77. The monoisotopic (exact) mass is 186 g/mol. The summed E-state index contributed by atoms with van der Waals surface area (Å²) < 4.78 is 16.3. The highest BCUT2D eigenvalue weighted by atomic mass is 16.8. The number of hydrogen-bond donors (Lipinski definition) is 1. The molecule has 0 aromatic carbocycles. The van der Waals surface area contributed by atoms with Crippen LogP contribution in [0.2, 0.25) is 0 Å². The molecule has 4 atom stereocenters. The maximum Gasteiger partial charge on any atom is 0.190 e. The number of fused-ring (bicyclic) bond motifs is 1. The SMILES string of the molecule is C=C[C@H]1OC2OC(C)(C)OC2[C@H]1O. The van der Waals surface area contributed by atoms with Gasteiger partial charge in [0.25, 0.3) is 0 Å². The van der Waals surface area contributed by atoms with Crippen LogP contribution in [0.15, 0.2) is 12.7 Å². The fourth-order valence-electron chi connectivity index (χ4n) is 1.71. The molecule has 0 saturated carbocycles. The lowest BCUT2D eigenvalue weighted by Crippen LogP contribution is -2.33. The molecule has 2 unspecified atom stereocenters. The van der Waals surface area contributed by atoms with E-state index in [1.165, 1.54) is 0 Å². The summed E-state index contributed by atoms with van der Waals surface area (Å²) in [7, 11) is 0. The molecule has 0 aromatic heterocycles. The van der Waals surface area contributed by atoms with Crippen molar-refractivity contribution in [2.24, 2.45) is 0 Å². The number of aliphatic hydroxyl groups is 1. The van der Waals surface area contributed by atoms with E-state index in [9.17, 15) is 5.11 Å². The number of hydrogen-bond acceptors (Lipinski definition) is 4. The fourth-order valence-corrected chi connectivity index (χ4v) is 1.71. The van der Waals surface area contributed by atoms with Gasteiger partial charge in [-0.25, -0.2) is 0 Å². The van der Waals surface area contributed by atoms with Gasteiger partial charge in [0.05, 0.1) is 0 Å². The Morgan fingerprint density at radius 2 is 2.08 bits per heavy atom. The van der Waals surface area contributed by atoms with Gasteiger partial charge in [-0.15, -0.1) is 6.58 Å². The third kappa shape index (κ3) is 1.40. The van der Waals surface area contributed by atoms with Gasteiger partial charge in [0.1, 0.15) is 18.3 Å². The molecule has 0 aliphatic carbocycles. The standard InChI is InChI=1S/C9H14O4/c1-4-5-6(10)7-8(11-5)13-9(2,3)12-7/h4-8,10H,1H2,2-3H3/t5-,6+,7?,8?/m1/s1. The third-order valence-electron chi connectivity index (χ3n) is 2.28. The van der Waals surface area contributed by atoms with Crippen molar-refractivity contribution in [3.8, 4) is 0 Å². The van der Waals surface area contributed by atoms with Crippen LogP contribution in [0.4, 0.5) is 0 Å². The van der Waals surface area contributed by atoms with Crippen molar-refractivity contribution in [3.63, 3.8) is 0 Å². The Balaban J connectivity index is 2.11. The Bertz CT molecular complexity index is 226. The van der Waals surface area contributed by atoms with Crippen molar-refractivity contribution in [2.45, 2.75) is 44.2 Å². The van der Waals surface area contributed by atoms with E-state index < -0.39 is 24.3 Å². The van der Waals surface area contributed by atoms with E-state index >= 15 is 0 Å². The van der Waals surface area contributed by atoms with E-state index in [0.717, 1.165) is 0 Å². The van der Waals surface area contributed by atoms with Crippen LogP contribution in [0, 0.1) is 0 Å². The molecule has 2 aliphatic rings. The van der Waals surface area contributed by atoms with Crippen LogP contribution in [0.3, 0.4) is 0 Å². The van der Waals surface area contributed by atoms with Gasteiger partial charge in [0, 0.05) is 0 Å². The molecule has 2 fully saturated rings. The molecule has 2 heterocycles. The molecule has 4 heteroatoms. The first-order valence-electron chi connectivity index (χ1n) is 4.35. The minimum absolute atomic E-state index is 0.383. The second kappa shape index (κ2) is 2.78. The van der Waals surface area contributed by atoms with Crippen LogP contribution in [-0.4, -0.2) is 35.5 Å². The van der Waals surface area contributed by atoms with Gasteiger partial charge in [-0.05, 0) is 13.8 Å². The lowest BCUT2D eigenvalue weighted by atomic mass is 10.1. The molecular weight excluding hydrogens is 172 g/mol. The molecule has 0 bridgehead atoms. The van der Waals surface area contributed by atoms with E-state index in [0.29, 0.717) is 0 Å². The zero-order chi connectivity index (χ0) is 9.64. The number of ether oxygens (including phenoxy) is 3. The highest BCUT2D eigenvalue weighted by Crippen LogP contribution is 2.37. The Kier molecular flexibility index (Phi) is 1.96. The lowest BCUT2D eigenvalue weighted by molar-refractivity contribution is -0.209. The molecule has 4 nitrogen and oxygen atoms in total. The quantitative estimate of drug-likeness (QED) is 0.602. The summed E-state index contributed by atoms with van der Waals surface area (Å²) in [4.78, 5) is 0. The number of aliphatic hydroxyl groups excluding tert-OH is 1. The lowest BCUT2D eigenvalue weighted by Gasteiger charge is -2.21. The van der Waals surface area contributed by atoms with E-state index in [2.05, 4.69) is 6.58 Å². The average Bonchev–Trinajstić information content (AvgIpc) is 2.47. The molecule has 2 saturated heterocycles. The summed E-state index contributed by atoms with van der Waals surface area (Å²) in [5.41, 5.74) is 0. The molecule has 0 spiro atoms. The van der Waals surface area contributed by atoms with Crippen LogP contribution in [0.25, 0.3) is 0 Å². The van der Waals surface area contributed by atoms with Crippen LogP contribution >= 0.6 is 0 Å². The van der Waals surface area contributed by atoms with Crippen molar-refractivity contribution in [3.05, 3.63) is 12.7 Å². The molecule has 2 rings (SSSR count). The van der Waals surface area contributed by atoms with Crippen LogP contribution < -0.4 is 0 Å². The van der Waals surface area contributed by atoms with Crippen LogP contribution in [0.1, 0.15) is 13.8 Å². The first-order valence-corrected chi connectivity index (χ1v) is 4.35. The zero-order valence-electron chi connectivity index (χ0n) is 7.77. The first-order chi connectivity index (χ1) is 6.03. The molecule has 0 radical (unpaired) electrons. The Hall–Kier alpha value is -0.420. The molecule has 74 valence electrons. The topological polar surface area (TPSA) is 47.9 Å². The fraction of sp³-hybridized carbons (Fsp3) is 0.778. The highest BCUT2D eigenvalue weighted by Gasteiger charge is 2.53. The molecule has 1 N–H and O–H groups in total.